The van der Waals surface area contributed by atoms with Crippen LogP contribution in [0.5, 0.6) is 17.2 Å². The molecule has 0 bridgehead atoms. The lowest BCUT2D eigenvalue weighted by atomic mass is 10.1. The van der Waals surface area contributed by atoms with Gasteiger partial charge >= 0.3 is 12.0 Å². The number of hydrogen-bond donors (Lipinski definition) is 1. The average Bonchev–Trinajstić information content (AvgIpc) is 1.39. The quantitative estimate of drug-likeness (QED) is 0.0556. The Balaban J connectivity index is 0.000000149. The van der Waals surface area contributed by atoms with E-state index < -0.39 is 96.3 Å². The maximum absolute atomic E-state index is 14.1. The van der Waals surface area contributed by atoms with E-state index >= 15 is 0 Å². The lowest BCUT2D eigenvalue weighted by molar-refractivity contribution is -0.465. The molecule has 6 aromatic heterocycles. The van der Waals surface area contributed by atoms with E-state index in [1.54, 1.807) is 33.9 Å². The Labute approximate surface area is 482 Å². The van der Waals surface area contributed by atoms with Crippen molar-refractivity contribution in [3.63, 3.8) is 0 Å². The lowest BCUT2D eigenvalue weighted by Gasteiger charge is -2.16. The maximum Gasteiger partial charge on any atom is 0.341 e. The lowest BCUT2D eigenvalue weighted by Crippen LogP contribution is -2.24. The van der Waals surface area contributed by atoms with Crippen molar-refractivity contribution >= 4 is 68.0 Å². The number of benzene rings is 3. The predicted molar refractivity (Wildman–Crippen MR) is 293 cm³/mol. The van der Waals surface area contributed by atoms with Crippen LogP contribution in [-0.4, -0.2) is 116 Å². The molecule has 9 aromatic rings. The van der Waals surface area contributed by atoms with Gasteiger partial charge in [0.25, 0.3) is 12.5 Å². The molecule has 0 atom stereocenters. The minimum absolute atomic E-state index is 0.0104. The Bertz CT molecular complexity index is 4310. The fourth-order valence-electron chi connectivity index (χ4n) is 8.87. The van der Waals surface area contributed by atoms with Crippen molar-refractivity contribution in [1.82, 2.24) is 42.4 Å². The molecule has 0 saturated heterocycles. The summed E-state index contributed by atoms with van der Waals surface area (Å²) in [7, 11) is 4.57. The van der Waals surface area contributed by atoms with Crippen LogP contribution in [0.1, 0.15) is 87.7 Å². The zero-order chi connectivity index (χ0) is 62.6. The molecule has 6 heterocycles. The van der Waals surface area contributed by atoms with Crippen LogP contribution in [0.2, 0.25) is 5.02 Å². The van der Waals surface area contributed by atoms with Crippen molar-refractivity contribution in [2.45, 2.75) is 56.7 Å². The second-order valence-corrected chi connectivity index (χ2v) is 19.4. The Morgan fingerprint density at radius 3 is 1.30 bits per heavy atom. The van der Waals surface area contributed by atoms with Gasteiger partial charge in [-0.2, -0.15) is 8.78 Å². The Kier molecular flexibility index (Phi) is 18.3. The molecular formula is C54H45ClF5N11O15. The maximum atomic E-state index is 14.1. The van der Waals surface area contributed by atoms with Gasteiger partial charge in [0.15, 0.2) is 35.9 Å². The summed E-state index contributed by atoms with van der Waals surface area (Å²) in [6.07, 6.45) is 21.9. The van der Waals surface area contributed by atoms with E-state index in [2.05, 4.69) is 15.0 Å². The molecule has 3 aliphatic carbocycles. The highest BCUT2D eigenvalue weighted by Crippen LogP contribution is 2.44. The van der Waals surface area contributed by atoms with E-state index in [0.29, 0.717) is 11.6 Å². The molecule has 0 unspecified atom stereocenters. The first kappa shape index (κ1) is 61.6. The highest BCUT2D eigenvalue weighted by Gasteiger charge is 2.34. The van der Waals surface area contributed by atoms with Crippen LogP contribution in [0, 0.1) is 49.3 Å². The van der Waals surface area contributed by atoms with Gasteiger partial charge in [0.05, 0.1) is 59.6 Å². The van der Waals surface area contributed by atoms with Crippen molar-refractivity contribution in [2.24, 2.45) is 0 Å². The molecule has 3 aromatic carbocycles. The van der Waals surface area contributed by atoms with Crippen LogP contribution in [0.4, 0.5) is 26.7 Å². The summed E-state index contributed by atoms with van der Waals surface area (Å²) < 4.78 is 93.4. The second-order valence-electron chi connectivity index (χ2n) is 19.0. The molecule has 0 amide bonds. The van der Waals surface area contributed by atoms with E-state index in [-0.39, 0.29) is 73.4 Å². The zero-order valence-corrected chi connectivity index (χ0v) is 45.9. The first-order valence-electron chi connectivity index (χ1n) is 25.3. The first-order chi connectivity index (χ1) is 40.9. The topological polar surface area (TPSA) is 322 Å². The molecular weight excluding hydrogens is 1170 g/mol. The molecule has 0 radical (unpaired) electrons. The molecule has 448 valence electrons. The third kappa shape index (κ3) is 12.8. The summed E-state index contributed by atoms with van der Waals surface area (Å²) in [5.74, 6) is -9.31. The minimum Gasteiger partial charge on any atom is -0.493 e. The summed E-state index contributed by atoms with van der Waals surface area (Å²) in [5, 5.41) is 27.9. The smallest absolute Gasteiger partial charge is 0.341 e. The molecule has 0 spiro atoms. The number of carboxylic acids is 1. The van der Waals surface area contributed by atoms with Gasteiger partial charge in [-0.25, -0.2) is 37.7 Å². The molecule has 3 saturated carbocycles. The third-order valence-corrected chi connectivity index (χ3v) is 13.5. The highest BCUT2D eigenvalue weighted by atomic mass is 35.5. The highest BCUT2D eigenvalue weighted by molar-refractivity contribution is 6.33. The Morgan fingerprint density at radius 1 is 0.593 bits per heavy atom. The molecule has 3 fully saturated rings. The fraction of sp³-hybridized carbons (Fsp3) is 0.259. The SMILES string of the molecule is COc1c(Cl)c(F)cc2c(=O)c(C(=O)O)cn(C3CC3)c12.COc1c(F)c(F)cc2c(=O)c(C(=O)C[N+](=O)[O-])cn(C3CC3)c12.COc1c(F)c(F)cc2c(=O)c(C(=O)n3ccnc3)cn(C3CC3)c12.C[N+](=O)[O-].O=C(n1ccnc1)n1ccnc1. The van der Waals surface area contributed by atoms with Crippen LogP contribution in [0.15, 0.2) is 107 Å². The number of ether oxygens (including phenoxy) is 3. The van der Waals surface area contributed by atoms with Crippen molar-refractivity contribution in [2.75, 3.05) is 34.9 Å². The number of Topliss-reactive ketones (excluding diaryl/α,β-unsaturated/α-hetero) is 1. The number of nitrogens with zero attached hydrogens (tertiary/aromatic N) is 11. The van der Waals surface area contributed by atoms with E-state index in [1.807, 2.05) is 0 Å². The number of methoxy groups -OCH3 is 3. The predicted octanol–water partition coefficient (Wildman–Crippen LogP) is 7.92. The number of halogens is 6. The van der Waals surface area contributed by atoms with Crippen LogP contribution < -0.4 is 30.5 Å². The molecule has 32 heteroatoms. The number of rotatable bonds is 11. The summed E-state index contributed by atoms with van der Waals surface area (Å²) in [5.41, 5.74) is -2.71. The second kappa shape index (κ2) is 25.6. The Hall–Kier alpha value is -10.5. The van der Waals surface area contributed by atoms with Gasteiger partial charge in [-0.3, -0.25) is 57.9 Å². The largest absolute Gasteiger partial charge is 0.493 e. The first-order valence-corrected chi connectivity index (χ1v) is 25.6. The number of pyridine rings is 3. The fourth-order valence-corrected chi connectivity index (χ4v) is 9.09. The molecule has 26 nitrogen and oxygen atoms in total. The number of imidazole rings is 3. The summed E-state index contributed by atoms with van der Waals surface area (Å²) >= 11 is 5.89. The van der Waals surface area contributed by atoms with Crippen LogP contribution in [-0.2, 0) is 0 Å². The molecule has 3 aliphatic rings. The summed E-state index contributed by atoms with van der Waals surface area (Å²) in [4.78, 5) is 114. The number of carbonyl (C=O) groups excluding carboxylic acids is 3. The van der Waals surface area contributed by atoms with E-state index in [9.17, 15) is 65.6 Å². The molecule has 1 N–H and O–H groups in total. The Morgan fingerprint density at radius 2 is 0.942 bits per heavy atom. The van der Waals surface area contributed by atoms with Gasteiger partial charge in [-0.15, -0.1) is 0 Å². The van der Waals surface area contributed by atoms with Gasteiger partial charge in [0.1, 0.15) is 40.9 Å². The molecule has 0 aliphatic heterocycles. The van der Waals surface area contributed by atoms with Gasteiger partial charge in [-0.1, -0.05) is 11.6 Å². The zero-order valence-electron chi connectivity index (χ0n) is 45.2. The normalized spacial score (nSPS) is 13.2. The summed E-state index contributed by atoms with van der Waals surface area (Å²) in [6, 6.07) is 2.27. The van der Waals surface area contributed by atoms with Crippen molar-refractivity contribution < 1.29 is 70.3 Å². The van der Waals surface area contributed by atoms with Gasteiger partial charge in [0, 0.05) is 83.7 Å². The van der Waals surface area contributed by atoms with Crippen molar-refractivity contribution in [3.8, 4) is 17.2 Å². The number of hydrogen-bond acceptors (Lipinski definition) is 17. The molecule has 86 heavy (non-hydrogen) atoms. The number of carboxylic acid groups (broad SMARTS) is 1. The number of carbonyl (C=O) groups is 4. The molecule has 12 rings (SSSR count). The number of ketones is 1. The standard InChI is InChI=1S/C17H13F2N3O3.C15H12F2N2O5.C14H11ClFNO4.C7H6N4O.CH3NO2/c1-25-16-13(19)12(18)6-10-14(16)22(9-2-3-9)7-11(15(10)23)17(24)21-5-4-20-8-21;1-24-15-12(17)10(16)4-8-13(15)18(7-2-3-7)5-9(14(8)21)11(20)6-19(22)23;1-21-13-10(15)9(16)4-7-11(13)17(6-2-3-6)5-8(12(7)18)14(19)20;12-7(10-3-1-8-5-10)11-4-2-9-6-11;1-2(3)4/h4-9H,2-3H2,1H3;4-5,7H,2-3,6H2,1H3;4-6H,2-3H2,1H3,(H,19,20);1-6H;1H3. The average molecular weight is 1220 g/mol. The van der Waals surface area contributed by atoms with Crippen LogP contribution in [0.25, 0.3) is 32.7 Å². The number of fused-ring (bicyclic) bond motifs is 3. The van der Waals surface area contributed by atoms with Crippen molar-refractivity contribution in [3.05, 3.63) is 195 Å². The number of aromatic carboxylic acids is 1. The van der Waals surface area contributed by atoms with E-state index in [0.717, 1.165) is 69.4 Å². The van der Waals surface area contributed by atoms with Gasteiger partial charge in [0.2, 0.25) is 33.7 Å². The third-order valence-electron chi connectivity index (χ3n) is 13.2. The van der Waals surface area contributed by atoms with Crippen LogP contribution in [0.3, 0.4) is 0 Å². The van der Waals surface area contributed by atoms with Gasteiger partial charge in [-0.05, 0) is 56.7 Å². The van der Waals surface area contributed by atoms with E-state index in [4.69, 9.17) is 41.0 Å². The van der Waals surface area contributed by atoms with Crippen molar-refractivity contribution in [1.29, 1.82) is 0 Å². The van der Waals surface area contributed by atoms with E-state index in [1.165, 1.54) is 77.9 Å². The summed E-state index contributed by atoms with van der Waals surface area (Å²) in [6.45, 7) is -1.05. The number of nitro groups is 2. The van der Waals surface area contributed by atoms with Gasteiger partial charge < -0.3 is 33.0 Å². The number of aromatic nitrogens is 9. The van der Waals surface area contributed by atoms with Crippen LogP contribution >= 0.6 is 11.6 Å². The monoisotopic (exact) mass is 1220 g/mol. The minimum atomic E-state index is -1.34.